The van der Waals surface area contributed by atoms with Gasteiger partial charge in [-0.2, -0.15) is 4.31 Å². The predicted octanol–water partition coefficient (Wildman–Crippen LogP) is 1.49. The van der Waals surface area contributed by atoms with Gasteiger partial charge in [0.25, 0.3) is 0 Å². The van der Waals surface area contributed by atoms with Gasteiger partial charge in [0.2, 0.25) is 10.0 Å². The topological polar surface area (TPSA) is 59.1 Å². The van der Waals surface area contributed by atoms with Crippen LogP contribution in [-0.2, 0) is 14.8 Å². The second-order valence-electron chi connectivity index (χ2n) is 6.47. The maximum absolute atomic E-state index is 12.9. The summed E-state index contributed by atoms with van der Waals surface area (Å²) in [5.41, 5.74) is 0.719. The number of ether oxygens (including phenoxy) is 2. The molecule has 2 aliphatic rings. The van der Waals surface area contributed by atoms with Crippen molar-refractivity contribution in [3.05, 3.63) is 23.8 Å². The standard InChI is InChI=1S/C17H26N2O4S/c1-14-12-15(22-2)5-6-17(14)24(20,21)19-9-7-18(8-10-19)13-16-4-3-11-23-16/h5-6,12,16H,3-4,7-11,13H2,1-2H3. The minimum atomic E-state index is -3.45. The van der Waals surface area contributed by atoms with Crippen LogP contribution in [0, 0.1) is 6.92 Å². The van der Waals surface area contributed by atoms with Gasteiger partial charge in [0.05, 0.1) is 18.1 Å². The van der Waals surface area contributed by atoms with Crippen LogP contribution in [-0.4, -0.2) is 70.2 Å². The van der Waals surface area contributed by atoms with Gasteiger partial charge in [0, 0.05) is 39.3 Å². The van der Waals surface area contributed by atoms with E-state index in [0.29, 0.717) is 29.8 Å². The number of piperazine rings is 1. The molecule has 2 saturated heterocycles. The predicted molar refractivity (Wildman–Crippen MR) is 91.9 cm³/mol. The lowest BCUT2D eigenvalue weighted by Gasteiger charge is -2.35. The Labute approximate surface area is 144 Å². The van der Waals surface area contributed by atoms with Crippen LogP contribution in [0.5, 0.6) is 5.75 Å². The average molecular weight is 354 g/mol. The molecule has 6 nitrogen and oxygen atoms in total. The Morgan fingerprint density at radius 1 is 1.25 bits per heavy atom. The van der Waals surface area contributed by atoms with E-state index >= 15 is 0 Å². The van der Waals surface area contributed by atoms with Crippen LogP contribution in [0.3, 0.4) is 0 Å². The molecule has 1 aromatic rings. The first kappa shape index (κ1) is 17.7. The third kappa shape index (κ3) is 3.74. The van der Waals surface area contributed by atoms with E-state index < -0.39 is 10.0 Å². The molecule has 1 atom stereocenters. The van der Waals surface area contributed by atoms with Gasteiger partial charge >= 0.3 is 0 Å². The van der Waals surface area contributed by atoms with Crippen molar-refractivity contribution < 1.29 is 17.9 Å². The summed E-state index contributed by atoms with van der Waals surface area (Å²) in [6.07, 6.45) is 2.57. The van der Waals surface area contributed by atoms with Crippen molar-refractivity contribution in [2.75, 3.05) is 46.4 Å². The van der Waals surface area contributed by atoms with E-state index in [1.165, 1.54) is 0 Å². The van der Waals surface area contributed by atoms with Gasteiger partial charge in [-0.3, -0.25) is 4.90 Å². The summed E-state index contributed by atoms with van der Waals surface area (Å²) in [6.45, 7) is 6.15. The third-order valence-corrected chi connectivity index (χ3v) is 6.88. The largest absolute Gasteiger partial charge is 0.497 e. The summed E-state index contributed by atoms with van der Waals surface area (Å²) in [6, 6.07) is 5.11. The Bertz CT molecular complexity index is 663. The third-order valence-electron chi connectivity index (χ3n) is 4.82. The van der Waals surface area contributed by atoms with Gasteiger partial charge in [-0.15, -0.1) is 0 Å². The SMILES string of the molecule is COc1ccc(S(=O)(=O)N2CCN(CC3CCCO3)CC2)c(C)c1. The Balaban J connectivity index is 1.64. The first-order valence-corrected chi connectivity index (χ1v) is 9.93. The molecule has 0 amide bonds. The van der Waals surface area contributed by atoms with Crippen LogP contribution in [0.1, 0.15) is 18.4 Å². The zero-order chi connectivity index (χ0) is 17.2. The lowest BCUT2D eigenvalue weighted by atomic mass is 10.2. The first-order valence-electron chi connectivity index (χ1n) is 8.49. The second-order valence-corrected chi connectivity index (χ2v) is 8.38. The molecule has 2 aliphatic heterocycles. The van der Waals surface area contributed by atoms with Crippen molar-refractivity contribution in [3.63, 3.8) is 0 Å². The lowest BCUT2D eigenvalue weighted by Crippen LogP contribution is -2.50. The Morgan fingerprint density at radius 2 is 2.00 bits per heavy atom. The van der Waals surface area contributed by atoms with Crippen LogP contribution in [0.25, 0.3) is 0 Å². The molecule has 1 unspecified atom stereocenters. The molecule has 0 saturated carbocycles. The minimum absolute atomic E-state index is 0.317. The molecule has 0 N–H and O–H groups in total. The highest BCUT2D eigenvalue weighted by molar-refractivity contribution is 7.89. The van der Waals surface area contributed by atoms with Gasteiger partial charge in [0.1, 0.15) is 5.75 Å². The Hall–Kier alpha value is -1.15. The highest BCUT2D eigenvalue weighted by Crippen LogP contribution is 2.25. The van der Waals surface area contributed by atoms with Crippen molar-refractivity contribution in [1.29, 1.82) is 0 Å². The number of nitrogens with zero attached hydrogens (tertiary/aromatic N) is 2. The van der Waals surface area contributed by atoms with Crippen molar-refractivity contribution in [1.82, 2.24) is 9.21 Å². The highest BCUT2D eigenvalue weighted by atomic mass is 32.2. The number of benzene rings is 1. The molecule has 0 aliphatic carbocycles. The molecule has 1 aromatic carbocycles. The fourth-order valence-corrected chi connectivity index (χ4v) is 5.03. The summed E-state index contributed by atoms with van der Waals surface area (Å²) in [4.78, 5) is 2.68. The molecule has 3 rings (SSSR count). The normalized spacial score (nSPS) is 23.5. The molecule has 0 aromatic heterocycles. The number of aryl methyl sites for hydroxylation is 1. The Kier molecular flexibility index (Phi) is 5.44. The van der Waals surface area contributed by atoms with E-state index in [-0.39, 0.29) is 0 Å². The average Bonchev–Trinajstić information content (AvgIpc) is 3.08. The molecule has 7 heteroatoms. The molecule has 0 radical (unpaired) electrons. The maximum Gasteiger partial charge on any atom is 0.243 e. The smallest absolute Gasteiger partial charge is 0.243 e. The van der Waals surface area contributed by atoms with E-state index in [1.807, 2.05) is 6.92 Å². The van der Waals surface area contributed by atoms with Gasteiger partial charge in [-0.1, -0.05) is 0 Å². The van der Waals surface area contributed by atoms with E-state index in [2.05, 4.69) is 4.90 Å². The van der Waals surface area contributed by atoms with Crippen molar-refractivity contribution in [2.45, 2.75) is 30.8 Å². The van der Waals surface area contributed by atoms with E-state index in [4.69, 9.17) is 9.47 Å². The van der Waals surface area contributed by atoms with Crippen LogP contribution in [0.2, 0.25) is 0 Å². The van der Waals surface area contributed by atoms with Crippen molar-refractivity contribution >= 4 is 10.0 Å². The van der Waals surface area contributed by atoms with Gasteiger partial charge in [-0.05, 0) is 43.5 Å². The van der Waals surface area contributed by atoms with Crippen LogP contribution < -0.4 is 4.74 Å². The summed E-state index contributed by atoms with van der Waals surface area (Å²) < 4.78 is 38.2. The molecule has 2 heterocycles. The number of hydrogen-bond donors (Lipinski definition) is 0. The molecule has 2 fully saturated rings. The van der Waals surface area contributed by atoms with Gasteiger partial charge in [0.15, 0.2) is 0 Å². The van der Waals surface area contributed by atoms with E-state index in [0.717, 1.165) is 44.6 Å². The molecule has 0 spiro atoms. The van der Waals surface area contributed by atoms with Gasteiger partial charge in [-0.25, -0.2) is 8.42 Å². The summed E-state index contributed by atoms with van der Waals surface area (Å²) in [5, 5.41) is 0. The number of methoxy groups -OCH3 is 1. The zero-order valence-corrected chi connectivity index (χ0v) is 15.2. The van der Waals surface area contributed by atoms with E-state index in [9.17, 15) is 8.42 Å². The monoisotopic (exact) mass is 354 g/mol. The fraction of sp³-hybridized carbons (Fsp3) is 0.647. The number of rotatable bonds is 5. The molecule has 134 valence electrons. The molecular weight excluding hydrogens is 328 g/mol. The molecular formula is C17H26N2O4S. The van der Waals surface area contributed by atoms with Crippen LogP contribution in [0.4, 0.5) is 0 Å². The maximum atomic E-state index is 12.9. The van der Waals surface area contributed by atoms with Crippen molar-refractivity contribution in [2.24, 2.45) is 0 Å². The molecule has 24 heavy (non-hydrogen) atoms. The Morgan fingerprint density at radius 3 is 2.58 bits per heavy atom. The van der Waals surface area contributed by atoms with Crippen LogP contribution >= 0.6 is 0 Å². The summed E-state index contributed by atoms with van der Waals surface area (Å²) >= 11 is 0. The minimum Gasteiger partial charge on any atom is -0.497 e. The fourth-order valence-electron chi connectivity index (χ4n) is 3.41. The first-order chi connectivity index (χ1) is 11.5. The summed E-state index contributed by atoms with van der Waals surface area (Å²) in [7, 11) is -1.87. The second kappa shape index (κ2) is 7.39. The highest BCUT2D eigenvalue weighted by Gasteiger charge is 2.30. The lowest BCUT2D eigenvalue weighted by molar-refractivity contribution is 0.0617. The zero-order valence-electron chi connectivity index (χ0n) is 14.4. The number of sulfonamides is 1. The van der Waals surface area contributed by atoms with Crippen LogP contribution in [0.15, 0.2) is 23.1 Å². The number of hydrogen-bond acceptors (Lipinski definition) is 5. The van der Waals surface area contributed by atoms with Crippen molar-refractivity contribution in [3.8, 4) is 5.75 Å². The molecule has 0 bridgehead atoms. The summed E-state index contributed by atoms with van der Waals surface area (Å²) in [5.74, 6) is 0.674. The van der Waals surface area contributed by atoms with E-state index in [1.54, 1.807) is 29.6 Å². The quantitative estimate of drug-likeness (QED) is 0.802. The van der Waals surface area contributed by atoms with Gasteiger partial charge < -0.3 is 9.47 Å².